The maximum atomic E-state index is 13.0. The minimum Gasteiger partial charge on any atom is -0.354 e. The first kappa shape index (κ1) is 26.1. The van der Waals surface area contributed by atoms with Crippen molar-refractivity contribution in [3.8, 4) is 0 Å². The molecule has 1 saturated carbocycles. The van der Waals surface area contributed by atoms with Crippen LogP contribution in [-0.2, 0) is 25.6 Å². The van der Waals surface area contributed by atoms with E-state index < -0.39 is 6.04 Å². The number of anilines is 1. The van der Waals surface area contributed by atoms with Crippen LogP contribution < -0.4 is 16.0 Å². The summed E-state index contributed by atoms with van der Waals surface area (Å²) >= 11 is 1.24. The first-order valence-electron chi connectivity index (χ1n) is 12.4. The maximum absolute atomic E-state index is 13.0. The van der Waals surface area contributed by atoms with Crippen molar-refractivity contribution in [2.45, 2.75) is 77.7 Å². The molecule has 2 heterocycles. The van der Waals surface area contributed by atoms with Gasteiger partial charge in [-0.2, -0.15) is 0 Å². The molecular weight excluding hydrogens is 454 g/mol. The molecule has 4 amide bonds. The number of nitrogens with zero attached hydrogens (tertiary/aromatic N) is 2. The number of hydrogen-bond donors (Lipinski definition) is 3. The second kappa shape index (κ2) is 12.8. The van der Waals surface area contributed by atoms with E-state index in [2.05, 4.69) is 20.9 Å². The highest BCUT2D eigenvalue weighted by molar-refractivity contribution is 7.13. The Morgan fingerprint density at radius 1 is 1.12 bits per heavy atom. The van der Waals surface area contributed by atoms with E-state index in [0.717, 1.165) is 38.5 Å². The number of amides is 4. The van der Waals surface area contributed by atoms with Gasteiger partial charge in [0, 0.05) is 24.4 Å². The number of hydrogen-bond acceptors (Lipinski definition) is 6. The molecule has 0 spiro atoms. The average Bonchev–Trinajstić information content (AvgIpc) is 3.13. The maximum Gasteiger partial charge on any atom is 0.245 e. The predicted molar refractivity (Wildman–Crippen MR) is 131 cm³/mol. The van der Waals surface area contributed by atoms with Gasteiger partial charge in [-0.15, -0.1) is 11.3 Å². The molecule has 0 radical (unpaired) electrons. The molecule has 1 aliphatic carbocycles. The highest BCUT2D eigenvalue weighted by Crippen LogP contribution is 2.26. The summed E-state index contributed by atoms with van der Waals surface area (Å²) in [7, 11) is 0. The summed E-state index contributed by atoms with van der Waals surface area (Å²) in [6.45, 7) is 5.26. The van der Waals surface area contributed by atoms with Crippen LogP contribution in [0.1, 0.15) is 70.9 Å². The van der Waals surface area contributed by atoms with Gasteiger partial charge in [0.05, 0.1) is 18.7 Å². The lowest BCUT2D eigenvalue weighted by Crippen LogP contribution is -2.46. The Labute approximate surface area is 205 Å². The molecule has 1 atom stereocenters. The van der Waals surface area contributed by atoms with Crippen molar-refractivity contribution in [2.75, 3.05) is 25.0 Å². The number of rotatable bonds is 9. The molecule has 1 aliphatic heterocycles. The van der Waals surface area contributed by atoms with Gasteiger partial charge in [0.15, 0.2) is 5.13 Å². The molecule has 0 bridgehead atoms. The monoisotopic (exact) mass is 491 g/mol. The smallest absolute Gasteiger partial charge is 0.245 e. The topological polar surface area (TPSA) is 120 Å². The summed E-state index contributed by atoms with van der Waals surface area (Å²) in [5.74, 6) is -0.355. The average molecular weight is 492 g/mol. The van der Waals surface area contributed by atoms with Gasteiger partial charge >= 0.3 is 0 Å². The lowest BCUT2D eigenvalue weighted by Gasteiger charge is -2.30. The summed E-state index contributed by atoms with van der Waals surface area (Å²) in [5, 5.41) is 10.5. The molecule has 9 nitrogen and oxygen atoms in total. The van der Waals surface area contributed by atoms with Crippen LogP contribution in [0.25, 0.3) is 0 Å². The van der Waals surface area contributed by atoms with Gasteiger partial charge in [-0.05, 0) is 38.0 Å². The predicted octanol–water partition coefficient (Wildman–Crippen LogP) is 2.47. The van der Waals surface area contributed by atoms with Crippen LogP contribution in [0.4, 0.5) is 5.13 Å². The fourth-order valence-electron chi connectivity index (χ4n) is 4.55. The van der Waals surface area contributed by atoms with Crippen molar-refractivity contribution in [1.82, 2.24) is 20.5 Å². The third-order valence-corrected chi connectivity index (χ3v) is 7.00. The number of carbonyl (C=O) groups excluding carboxylic acids is 4. The third-order valence-electron chi connectivity index (χ3n) is 6.20. The summed E-state index contributed by atoms with van der Waals surface area (Å²) in [6.07, 6.45) is 7.57. The zero-order chi connectivity index (χ0) is 24.5. The molecule has 2 aliphatic rings. The molecule has 1 aromatic heterocycles. The van der Waals surface area contributed by atoms with Crippen LogP contribution in [0.3, 0.4) is 0 Å². The van der Waals surface area contributed by atoms with Crippen molar-refractivity contribution in [2.24, 2.45) is 11.8 Å². The number of carbonyl (C=O) groups is 4. The largest absolute Gasteiger partial charge is 0.354 e. The summed E-state index contributed by atoms with van der Waals surface area (Å²) < 4.78 is 0. The van der Waals surface area contributed by atoms with E-state index >= 15 is 0 Å². The van der Waals surface area contributed by atoms with Gasteiger partial charge in [0.2, 0.25) is 23.6 Å². The zero-order valence-corrected chi connectivity index (χ0v) is 21.0. The molecule has 2 fully saturated rings. The van der Waals surface area contributed by atoms with Crippen LogP contribution in [0.2, 0.25) is 0 Å². The molecule has 1 saturated heterocycles. The quantitative estimate of drug-likeness (QED) is 0.490. The summed E-state index contributed by atoms with van der Waals surface area (Å²) in [5.41, 5.74) is 0.532. The molecule has 188 valence electrons. The van der Waals surface area contributed by atoms with E-state index in [0.29, 0.717) is 30.3 Å². The van der Waals surface area contributed by atoms with Gasteiger partial charge in [-0.25, -0.2) is 4.98 Å². The number of thiazole rings is 1. The number of aromatic nitrogens is 1. The molecule has 1 unspecified atom stereocenters. The highest BCUT2D eigenvalue weighted by Gasteiger charge is 2.28. The van der Waals surface area contributed by atoms with Gasteiger partial charge in [-0.3, -0.25) is 19.2 Å². The lowest BCUT2D eigenvalue weighted by atomic mass is 9.88. The van der Waals surface area contributed by atoms with Crippen LogP contribution >= 0.6 is 11.3 Å². The first-order chi connectivity index (χ1) is 16.3. The fraction of sp³-hybridized carbons (Fsp3) is 0.708. The van der Waals surface area contributed by atoms with Gasteiger partial charge in [0.1, 0.15) is 6.04 Å². The standard InChI is InChI=1S/C24H37N5O4S/c1-16(2)13-29(23(33)17-8-4-3-5-9-17)14-21(31)28-24-26-18(15-34-24)12-20(30)27-19-10-6-7-11-25-22(19)32/h15-17,19H,3-14H2,1-2H3,(H,25,32)(H,27,30)(H,26,28,31). The van der Waals surface area contributed by atoms with E-state index in [9.17, 15) is 19.2 Å². The summed E-state index contributed by atoms with van der Waals surface area (Å²) in [6, 6.07) is -0.513. The lowest BCUT2D eigenvalue weighted by molar-refractivity contribution is -0.139. The Kier molecular flexibility index (Phi) is 9.86. The van der Waals surface area contributed by atoms with Crippen LogP contribution in [0.5, 0.6) is 0 Å². The third kappa shape index (κ3) is 8.07. The SMILES string of the molecule is CC(C)CN(CC(=O)Nc1nc(CC(=O)NC2CCCCNC2=O)cs1)C(=O)C1CCCCC1. The van der Waals surface area contributed by atoms with E-state index in [4.69, 9.17) is 0 Å². The molecule has 3 N–H and O–H groups in total. The van der Waals surface area contributed by atoms with E-state index in [1.54, 1.807) is 10.3 Å². The zero-order valence-electron chi connectivity index (χ0n) is 20.2. The van der Waals surface area contributed by atoms with E-state index in [-0.39, 0.29) is 48.4 Å². The minimum absolute atomic E-state index is 0.000293. The van der Waals surface area contributed by atoms with Crippen molar-refractivity contribution >= 4 is 40.1 Å². The Morgan fingerprint density at radius 3 is 2.59 bits per heavy atom. The van der Waals surface area contributed by atoms with Crippen molar-refractivity contribution in [3.63, 3.8) is 0 Å². The van der Waals surface area contributed by atoms with Crippen LogP contribution in [0.15, 0.2) is 5.38 Å². The second-order valence-corrected chi connectivity index (χ2v) is 10.6. The summed E-state index contributed by atoms with van der Waals surface area (Å²) in [4.78, 5) is 56.1. The fourth-order valence-corrected chi connectivity index (χ4v) is 5.27. The molecular formula is C24H37N5O4S. The number of nitrogens with one attached hydrogen (secondary N) is 3. The highest BCUT2D eigenvalue weighted by atomic mass is 32.1. The Morgan fingerprint density at radius 2 is 1.85 bits per heavy atom. The van der Waals surface area contributed by atoms with Crippen LogP contribution in [-0.4, -0.2) is 59.2 Å². The van der Waals surface area contributed by atoms with Gasteiger partial charge in [0.25, 0.3) is 0 Å². The Bertz CT molecular complexity index is 865. The Hall–Kier alpha value is -2.49. The second-order valence-electron chi connectivity index (χ2n) is 9.72. The molecule has 34 heavy (non-hydrogen) atoms. The van der Waals surface area contributed by atoms with Gasteiger partial charge in [-0.1, -0.05) is 33.1 Å². The molecule has 10 heteroatoms. The van der Waals surface area contributed by atoms with Crippen molar-refractivity contribution < 1.29 is 19.2 Å². The Balaban J connectivity index is 1.51. The molecule has 3 rings (SSSR count). The molecule has 1 aromatic rings. The van der Waals surface area contributed by atoms with Crippen molar-refractivity contribution in [3.05, 3.63) is 11.1 Å². The van der Waals surface area contributed by atoms with Crippen LogP contribution in [0, 0.1) is 11.8 Å². The first-order valence-corrected chi connectivity index (χ1v) is 13.3. The van der Waals surface area contributed by atoms with E-state index in [1.807, 2.05) is 13.8 Å². The van der Waals surface area contributed by atoms with Crippen molar-refractivity contribution in [1.29, 1.82) is 0 Å². The van der Waals surface area contributed by atoms with Gasteiger partial charge < -0.3 is 20.9 Å². The normalized spacial score (nSPS) is 19.3. The van der Waals surface area contributed by atoms with E-state index in [1.165, 1.54) is 17.8 Å². The molecule has 0 aromatic carbocycles. The minimum atomic E-state index is -0.513.